The smallest absolute Gasteiger partial charge is 0.462 e. The van der Waals surface area contributed by atoms with Crippen molar-refractivity contribution in [2.24, 2.45) is 17.8 Å². The van der Waals surface area contributed by atoms with Crippen molar-refractivity contribution in [1.29, 1.82) is 0 Å². The van der Waals surface area contributed by atoms with Crippen LogP contribution in [0.5, 0.6) is 0 Å². The van der Waals surface area contributed by atoms with E-state index in [4.69, 9.17) is 37.0 Å². The lowest BCUT2D eigenvalue weighted by molar-refractivity contribution is -0.161. The fourth-order valence-electron chi connectivity index (χ4n) is 10.8. The average molecular weight is 1340 g/mol. The summed E-state index contributed by atoms with van der Waals surface area (Å²) in [7, 11) is -9.89. The van der Waals surface area contributed by atoms with E-state index in [9.17, 15) is 43.2 Å². The van der Waals surface area contributed by atoms with E-state index in [1.165, 1.54) is 167 Å². The molecule has 0 saturated carbocycles. The van der Waals surface area contributed by atoms with Crippen molar-refractivity contribution in [3.05, 3.63) is 0 Å². The molecular formula is C72H140O17P2. The molecule has 91 heavy (non-hydrogen) atoms. The molecule has 0 amide bonds. The van der Waals surface area contributed by atoms with Gasteiger partial charge in [-0.25, -0.2) is 9.13 Å². The van der Waals surface area contributed by atoms with Gasteiger partial charge in [-0.2, -0.15) is 0 Å². The van der Waals surface area contributed by atoms with Crippen molar-refractivity contribution >= 4 is 39.5 Å². The van der Waals surface area contributed by atoms with Crippen LogP contribution in [-0.4, -0.2) is 96.7 Å². The van der Waals surface area contributed by atoms with Crippen molar-refractivity contribution in [3.8, 4) is 0 Å². The highest BCUT2D eigenvalue weighted by Crippen LogP contribution is 2.45. The predicted molar refractivity (Wildman–Crippen MR) is 368 cm³/mol. The van der Waals surface area contributed by atoms with Gasteiger partial charge >= 0.3 is 39.5 Å². The fraction of sp³-hybridized carbons (Fsp3) is 0.944. The van der Waals surface area contributed by atoms with Gasteiger partial charge in [-0.3, -0.25) is 37.3 Å². The number of ether oxygens (including phenoxy) is 4. The molecule has 0 rings (SSSR count). The number of carbonyl (C=O) groups excluding carboxylic acids is 4. The molecule has 540 valence electrons. The van der Waals surface area contributed by atoms with Crippen LogP contribution in [0.15, 0.2) is 0 Å². The largest absolute Gasteiger partial charge is 0.472 e. The molecule has 17 nitrogen and oxygen atoms in total. The lowest BCUT2D eigenvalue weighted by Gasteiger charge is -2.21. The molecule has 4 unspecified atom stereocenters. The van der Waals surface area contributed by atoms with Crippen LogP contribution in [0.1, 0.15) is 363 Å². The zero-order valence-corrected chi connectivity index (χ0v) is 61.1. The molecule has 0 saturated heterocycles. The maximum Gasteiger partial charge on any atom is 0.472 e. The Morgan fingerprint density at radius 2 is 0.560 bits per heavy atom. The first kappa shape index (κ1) is 89.1. The molecule has 0 aromatic carbocycles. The number of aliphatic hydroxyl groups is 1. The molecule has 3 N–H and O–H groups in total. The molecule has 0 spiro atoms. The molecule has 0 radical (unpaired) electrons. The third-order valence-electron chi connectivity index (χ3n) is 17.4. The normalized spacial score (nSPS) is 14.8. The van der Waals surface area contributed by atoms with E-state index in [1.54, 1.807) is 0 Å². The van der Waals surface area contributed by atoms with Crippen LogP contribution < -0.4 is 0 Å². The molecule has 0 aliphatic rings. The van der Waals surface area contributed by atoms with E-state index < -0.39 is 97.5 Å². The van der Waals surface area contributed by atoms with E-state index in [0.717, 1.165) is 114 Å². The SMILES string of the molecule is CCCCCCCC(=O)OC[C@H](COP(=O)(O)OC[C@H](O)COP(=O)(O)OC[C@@H](COC(=O)CCCCCCCCCCCCCC(C)C)OC(=O)CCCCCCCCCCCCCCCCCCCCC(C)CC)OC(=O)CCCCCCCCC(C)CC. The Bertz CT molecular complexity index is 1790. The van der Waals surface area contributed by atoms with E-state index in [0.29, 0.717) is 25.7 Å². The van der Waals surface area contributed by atoms with Crippen LogP contribution >= 0.6 is 15.6 Å². The van der Waals surface area contributed by atoms with Gasteiger partial charge < -0.3 is 33.8 Å². The number of rotatable bonds is 70. The Morgan fingerprint density at radius 1 is 0.319 bits per heavy atom. The van der Waals surface area contributed by atoms with Crippen LogP contribution in [0.3, 0.4) is 0 Å². The van der Waals surface area contributed by atoms with E-state index in [2.05, 4.69) is 48.5 Å². The zero-order chi connectivity index (χ0) is 67.3. The quantitative estimate of drug-likeness (QED) is 0.0222. The molecule has 19 heteroatoms. The number of phosphoric ester groups is 2. The Balaban J connectivity index is 5.11. The van der Waals surface area contributed by atoms with Gasteiger partial charge in [-0.1, -0.05) is 312 Å². The van der Waals surface area contributed by atoms with E-state index in [-0.39, 0.29) is 25.7 Å². The van der Waals surface area contributed by atoms with Crippen molar-refractivity contribution in [3.63, 3.8) is 0 Å². The highest BCUT2D eigenvalue weighted by atomic mass is 31.2. The minimum atomic E-state index is -4.95. The van der Waals surface area contributed by atoms with Gasteiger partial charge in [0.15, 0.2) is 12.2 Å². The molecule has 7 atom stereocenters. The predicted octanol–water partition coefficient (Wildman–Crippen LogP) is 20.6. The Labute approximate surface area is 556 Å². The minimum absolute atomic E-state index is 0.102. The van der Waals surface area contributed by atoms with Crippen molar-refractivity contribution < 1.29 is 80.2 Å². The van der Waals surface area contributed by atoms with E-state index in [1.807, 2.05) is 0 Å². The van der Waals surface area contributed by atoms with Crippen LogP contribution in [0.2, 0.25) is 0 Å². The minimum Gasteiger partial charge on any atom is -0.462 e. The van der Waals surface area contributed by atoms with Crippen LogP contribution in [0.4, 0.5) is 0 Å². The number of unbranched alkanes of at least 4 members (excludes halogenated alkanes) is 36. The second-order valence-corrected chi connectivity index (χ2v) is 29.8. The highest BCUT2D eigenvalue weighted by molar-refractivity contribution is 7.47. The third kappa shape index (κ3) is 63.9. The van der Waals surface area contributed by atoms with Gasteiger partial charge in [-0.15, -0.1) is 0 Å². The zero-order valence-electron chi connectivity index (χ0n) is 59.3. The summed E-state index contributed by atoms with van der Waals surface area (Å²) in [6, 6.07) is 0. The number of aliphatic hydroxyl groups excluding tert-OH is 1. The maximum absolute atomic E-state index is 13.1. The Morgan fingerprint density at radius 3 is 0.835 bits per heavy atom. The third-order valence-corrected chi connectivity index (χ3v) is 19.3. The summed E-state index contributed by atoms with van der Waals surface area (Å²) in [5, 5.41) is 10.6. The number of hydrogen-bond donors (Lipinski definition) is 3. The van der Waals surface area contributed by atoms with Crippen LogP contribution in [0.25, 0.3) is 0 Å². The first-order chi connectivity index (χ1) is 43.8. The number of esters is 4. The second kappa shape index (κ2) is 62.8. The van der Waals surface area contributed by atoms with Gasteiger partial charge in [0.05, 0.1) is 26.4 Å². The summed E-state index contributed by atoms with van der Waals surface area (Å²) in [5.74, 6) is 0.224. The topological polar surface area (TPSA) is 237 Å². The van der Waals surface area contributed by atoms with Crippen molar-refractivity contribution in [2.75, 3.05) is 39.6 Å². The molecule has 0 aliphatic carbocycles. The summed E-state index contributed by atoms with van der Waals surface area (Å²) in [6.07, 6.45) is 47.7. The van der Waals surface area contributed by atoms with Gasteiger partial charge in [0.2, 0.25) is 0 Å². The first-order valence-corrected chi connectivity index (χ1v) is 40.4. The van der Waals surface area contributed by atoms with Gasteiger partial charge in [0.25, 0.3) is 0 Å². The number of carbonyl (C=O) groups is 4. The van der Waals surface area contributed by atoms with Crippen molar-refractivity contribution in [1.82, 2.24) is 0 Å². The second-order valence-electron chi connectivity index (χ2n) is 26.9. The Hall–Kier alpha value is -1.94. The number of hydrogen-bond acceptors (Lipinski definition) is 15. The summed E-state index contributed by atoms with van der Waals surface area (Å²) < 4.78 is 68.1. The standard InChI is InChI=1S/C72H140O17P2/c1-8-11-12-36-46-53-69(74)82-59-67(89-72(77)56-49-42-35-34-39-45-52-65(7)10-3)61-86-90(78,79)84-57-66(73)58-85-91(80,81)87-62-68(60-83-70(75)54-47-40-32-28-25-21-22-26-30-37-43-50-63(4)5)88-71(76)55-48-41-33-29-24-20-18-16-14-13-15-17-19-23-27-31-38-44-51-64(6)9-2/h63-68,73H,8-62H2,1-7H3,(H,78,79)(H,80,81)/t64?,65?,66-,67+,68+/m0/s1. The van der Waals surface area contributed by atoms with Crippen LogP contribution in [0, 0.1) is 17.8 Å². The molecule has 0 fully saturated rings. The van der Waals surface area contributed by atoms with Crippen LogP contribution in [-0.2, 0) is 65.4 Å². The molecule has 0 aromatic rings. The molecule has 0 aliphatic heterocycles. The maximum atomic E-state index is 13.1. The van der Waals surface area contributed by atoms with Gasteiger partial charge in [0.1, 0.15) is 19.3 Å². The summed E-state index contributed by atoms with van der Waals surface area (Å²) in [4.78, 5) is 72.3. The molecule has 0 aromatic heterocycles. The Kier molecular flexibility index (Phi) is 61.5. The molecule has 0 bridgehead atoms. The monoisotopic (exact) mass is 1340 g/mol. The lowest BCUT2D eigenvalue weighted by atomic mass is 9.99. The number of phosphoric acid groups is 2. The lowest BCUT2D eigenvalue weighted by Crippen LogP contribution is -2.30. The first-order valence-electron chi connectivity index (χ1n) is 37.4. The fourth-order valence-corrected chi connectivity index (χ4v) is 12.4. The summed E-state index contributed by atoms with van der Waals surface area (Å²) >= 11 is 0. The molecular weight excluding hydrogens is 1200 g/mol. The molecule has 0 heterocycles. The summed E-state index contributed by atoms with van der Waals surface area (Å²) in [6.45, 7) is 11.8. The summed E-state index contributed by atoms with van der Waals surface area (Å²) in [5.41, 5.74) is 0. The van der Waals surface area contributed by atoms with Gasteiger partial charge in [0, 0.05) is 25.7 Å². The van der Waals surface area contributed by atoms with Gasteiger partial charge in [-0.05, 0) is 43.4 Å². The van der Waals surface area contributed by atoms with E-state index >= 15 is 0 Å². The van der Waals surface area contributed by atoms with Crippen molar-refractivity contribution in [2.45, 2.75) is 381 Å². The highest BCUT2D eigenvalue weighted by Gasteiger charge is 2.30. The average Bonchev–Trinajstić information content (AvgIpc) is 3.54.